The summed E-state index contributed by atoms with van der Waals surface area (Å²) in [5, 5.41) is 0. The molecule has 0 saturated carbocycles. The molecule has 4 heteroatoms. The SMILES string of the molecule is O=C1CC(CS)CN1c1ccc2c(c1)COC2. The van der Waals surface area contributed by atoms with Gasteiger partial charge in [0.25, 0.3) is 0 Å². The van der Waals surface area contributed by atoms with Crippen molar-refractivity contribution in [2.45, 2.75) is 19.6 Å². The van der Waals surface area contributed by atoms with E-state index in [0.717, 1.165) is 18.0 Å². The Bertz CT molecular complexity index is 461. The molecule has 90 valence electrons. The van der Waals surface area contributed by atoms with Crippen LogP contribution in [-0.2, 0) is 22.7 Å². The first-order chi connectivity index (χ1) is 8.28. The Morgan fingerprint density at radius 2 is 2.18 bits per heavy atom. The molecule has 0 aliphatic carbocycles. The minimum Gasteiger partial charge on any atom is -0.372 e. The monoisotopic (exact) mass is 249 g/mol. The van der Waals surface area contributed by atoms with Crippen molar-refractivity contribution in [3.8, 4) is 0 Å². The molecule has 0 N–H and O–H groups in total. The fraction of sp³-hybridized carbons (Fsp3) is 0.462. The van der Waals surface area contributed by atoms with E-state index in [0.29, 0.717) is 25.6 Å². The molecule has 1 aromatic rings. The number of hydrogen-bond acceptors (Lipinski definition) is 3. The van der Waals surface area contributed by atoms with E-state index in [4.69, 9.17) is 4.74 Å². The molecule has 2 aliphatic rings. The van der Waals surface area contributed by atoms with Gasteiger partial charge in [0.15, 0.2) is 0 Å². The van der Waals surface area contributed by atoms with E-state index in [-0.39, 0.29) is 5.91 Å². The van der Waals surface area contributed by atoms with Gasteiger partial charge in [-0.2, -0.15) is 12.6 Å². The molecule has 1 atom stereocenters. The Balaban J connectivity index is 1.87. The van der Waals surface area contributed by atoms with Crippen molar-refractivity contribution >= 4 is 24.2 Å². The fourth-order valence-corrected chi connectivity index (χ4v) is 2.72. The number of hydrogen-bond donors (Lipinski definition) is 1. The van der Waals surface area contributed by atoms with E-state index in [1.807, 2.05) is 11.0 Å². The normalized spacial score (nSPS) is 23.2. The van der Waals surface area contributed by atoms with Crippen LogP contribution in [0.4, 0.5) is 5.69 Å². The van der Waals surface area contributed by atoms with E-state index in [2.05, 4.69) is 24.8 Å². The van der Waals surface area contributed by atoms with Crippen LogP contribution in [0, 0.1) is 5.92 Å². The van der Waals surface area contributed by atoms with Crippen molar-refractivity contribution in [2.24, 2.45) is 5.92 Å². The first-order valence-corrected chi connectivity index (χ1v) is 6.52. The van der Waals surface area contributed by atoms with Gasteiger partial charge in [-0.15, -0.1) is 0 Å². The second-order valence-electron chi connectivity index (χ2n) is 4.70. The number of rotatable bonds is 2. The summed E-state index contributed by atoms with van der Waals surface area (Å²) in [6.07, 6.45) is 0.622. The summed E-state index contributed by atoms with van der Waals surface area (Å²) in [4.78, 5) is 13.8. The van der Waals surface area contributed by atoms with Gasteiger partial charge in [0, 0.05) is 18.7 Å². The zero-order valence-corrected chi connectivity index (χ0v) is 10.5. The number of carbonyl (C=O) groups is 1. The lowest BCUT2D eigenvalue weighted by molar-refractivity contribution is -0.117. The number of ether oxygens (including phenoxy) is 1. The molecule has 3 rings (SSSR count). The Hall–Kier alpha value is -1.00. The Kier molecular flexibility index (Phi) is 2.84. The molecule has 1 aromatic carbocycles. The van der Waals surface area contributed by atoms with Crippen molar-refractivity contribution in [3.63, 3.8) is 0 Å². The molecule has 0 spiro atoms. The molecule has 1 saturated heterocycles. The maximum absolute atomic E-state index is 11.9. The third kappa shape index (κ3) is 1.96. The number of amides is 1. The minimum absolute atomic E-state index is 0.211. The van der Waals surface area contributed by atoms with Crippen molar-refractivity contribution in [1.82, 2.24) is 0 Å². The number of carbonyl (C=O) groups excluding carboxylic acids is 1. The van der Waals surface area contributed by atoms with Gasteiger partial charge in [-0.3, -0.25) is 4.79 Å². The first kappa shape index (κ1) is 11.1. The molecular weight excluding hydrogens is 234 g/mol. The van der Waals surface area contributed by atoms with Gasteiger partial charge in [0.2, 0.25) is 5.91 Å². The molecule has 17 heavy (non-hydrogen) atoms. The van der Waals surface area contributed by atoms with Crippen LogP contribution < -0.4 is 4.90 Å². The average Bonchev–Trinajstić information content (AvgIpc) is 2.93. The predicted octanol–water partition coefficient (Wildman–Crippen LogP) is 2.00. The molecule has 0 radical (unpaired) electrons. The first-order valence-electron chi connectivity index (χ1n) is 5.88. The smallest absolute Gasteiger partial charge is 0.227 e. The molecule has 2 aliphatic heterocycles. The van der Waals surface area contributed by atoms with E-state index >= 15 is 0 Å². The van der Waals surface area contributed by atoms with Crippen molar-refractivity contribution < 1.29 is 9.53 Å². The van der Waals surface area contributed by atoms with Crippen LogP contribution >= 0.6 is 12.6 Å². The quantitative estimate of drug-likeness (QED) is 0.812. The number of nitrogens with zero attached hydrogens (tertiary/aromatic N) is 1. The zero-order valence-electron chi connectivity index (χ0n) is 9.56. The predicted molar refractivity (Wildman–Crippen MR) is 69.2 cm³/mol. The highest BCUT2D eigenvalue weighted by molar-refractivity contribution is 7.80. The van der Waals surface area contributed by atoms with Crippen LogP contribution in [0.3, 0.4) is 0 Å². The third-order valence-corrected chi connectivity index (χ3v) is 4.00. The Morgan fingerprint density at radius 1 is 1.35 bits per heavy atom. The van der Waals surface area contributed by atoms with Crippen LogP contribution in [0.2, 0.25) is 0 Å². The lowest BCUT2D eigenvalue weighted by atomic mass is 10.1. The Labute approximate surface area is 106 Å². The van der Waals surface area contributed by atoms with Gasteiger partial charge in [-0.05, 0) is 34.9 Å². The summed E-state index contributed by atoms with van der Waals surface area (Å²) in [5.74, 6) is 1.37. The zero-order chi connectivity index (χ0) is 11.8. The summed E-state index contributed by atoms with van der Waals surface area (Å²) in [6.45, 7) is 2.16. The second-order valence-corrected chi connectivity index (χ2v) is 5.07. The van der Waals surface area contributed by atoms with E-state index in [1.54, 1.807) is 0 Å². The second kappa shape index (κ2) is 4.35. The maximum Gasteiger partial charge on any atom is 0.227 e. The van der Waals surface area contributed by atoms with Crippen LogP contribution in [0.5, 0.6) is 0 Å². The van der Waals surface area contributed by atoms with Gasteiger partial charge in [-0.1, -0.05) is 6.07 Å². The summed E-state index contributed by atoms with van der Waals surface area (Å²) in [6, 6.07) is 6.17. The lowest BCUT2D eigenvalue weighted by Gasteiger charge is -2.17. The van der Waals surface area contributed by atoms with Gasteiger partial charge in [0.05, 0.1) is 13.2 Å². The van der Waals surface area contributed by atoms with Gasteiger partial charge >= 0.3 is 0 Å². The van der Waals surface area contributed by atoms with Crippen molar-refractivity contribution in [2.75, 3.05) is 17.2 Å². The van der Waals surface area contributed by atoms with Crippen molar-refractivity contribution in [3.05, 3.63) is 29.3 Å². The number of benzene rings is 1. The summed E-state index contributed by atoms with van der Waals surface area (Å²) in [5.41, 5.74) is 3.46. The molecule has 2 heterocycles. The molecule has 1 fully saturated rings. The van der Waals surface area contributed by atoms with E-state index in [9.17, 15) is 4.79 Å². The van der Waals surface area contributed by atoms with Crippen LogP contribution in [0.15, 0.2) is 18.2 Å². The highest BCUT2D eigenvalue weighted by Gasteiger charge is 2.30. The van der Waals surface area contributed by atoms with Crippen LogP contribution in [-0.4, -0.2) is 18.2 Å². The number of thiol groups is 1. The molecule has 0 bridgehead atoms. The van der Waals surface area contributed by atoms with Crippen LogP contribution in [0.1, 0.15) is 17.5 Å². The summed E-state index contributed by atoms with van der Waals surface area (Å²) in [7, 11) is 0. The summed E-state index contributed by atoms with van der Waals surface area (Å²) >= 11 is 4.28. The molecule has 3 nitrogen and oxygen atoms in total. The standard InChI is InChI=1S/C13H15NO2S/c15-13-3-9(8-17)5-14(13)12-2-1-10-6-16-7-11(10)4-12/h1-2,4,9,17H,3,5-8H2. The highest BCUT2D eigenvalue weighted by Crippen LogP contribution is 2.29. The minimum atomic E-state index is 0.211. The van der Waals surface area contributed by atoms with E-state index in [1.165, 1.54) is 11.1 Å². The molecule has 0 aromatic heterocycles. The highest BCUT2D eigenvalue weighted by atomic mass is 32.1. The van der Waals surface area contributed by atoms with E-state index < -0.39 is 0 Å². The lowest BCUT2D eigenvalue weighted by Crippen LogP contribution is -2.24. The maximum atomic E-state index is 11.9. The summed E-state index contributed by atoms with van der Waals surface area (Å²) < 4.78 is 5.39. The molecular formula is C13H15NO2S. The topological polar surface area (TPSA) is 29.5 Å². The molecule has 1 amide bonds. The third-order valence-electron chi connectivity index (χ3n) is 3.48. The van der Waals surface area contributed by atoms with Crippen LogP contribution in [0.25, 0.3) is 0 Å². The Morgan fingerprint density at radius 3 is 2.94 bits per heavy atom. The van der Waals surface area contributed by atoms with Crippen molar-refractivity contribution in [1.29, 1.82) is 0 Å². The fourth-order valence-electron chi connectivity index (χ4n) is 2.48. The van der Waals surface area contributed by atoms with Gasteiger partial charge in [0.1, 0.15) is 0 Å². The van der Waals surface area contributed by atoms with Gasteiger partial charge in [-0.25, -0.2) is 0 Å². The number of fused-ring (bicyclic) bond motifs is 1. The largest absolute Gasteiger partial charge is 0.372 e. The average molecular weight is 249 g/mol. The van der Waals surface area contributed by atoms with Gasteiger partial charge < -0.3 is 9.64 Å². The number of anilines is 1. The molecule has 1 unspecified atom stereocenters.